The van der Waals surface area contributed by atoms with Crippen molar-refractivity contribution in [2.75, 3.05) is 19.9 Å². The molecule has 0 saturated carbocycles. The maximum atomic E-state index is 12.1. The van der Waals surface area contributed by atoms with Crippen LogP contribution >= 0.6 is 0 Å². The number of nitrogens with zero attached hydrogens (tertiary/aromatic N) is 1. The van der Waals surface area contributed by atoms with Gasteiger partial charge in [0.15, 0.2) is 11.5 Å². The number of benzene rings is 1. The summed E-state index contributed by atoms with van der Waals surface area (Å²) < 4.78 is 10.6. The molecule has 4 nitrogen and oxygen atoms in total. The van der Waals surface area contributed by atoms with Crippen LogP contribution in [0.1, 0.15) is 5.56 Å². The van der Waals surface area contributed by atoms with Crippen LogP contribution in [0.25, 0.3) is 6.08 Å². The minimum atomic E-state index is -0.510. The van der Waals surface area contributed by atoms with Crippen LogP contribution in [0.2, 0.25) is 18.6 Å². The maximum absolute atomic E-state index is 12.1. The molecular weight excluding hydrogens is 294 g/mol. The molecule has 0 radical (unpaired) electrons. The summed E-state index contributed by atoms with van der Waals surface area (Å²) in [7, 11) is -0.510. The Hall–Kier alpha value is -2.01. The molecule has 0 aliphatic carbocycles. The molecule has 1 aromatic rings. The summed E-state index contributed by atoms with van der Waals surface area (Å²) in [5.74, 6) is 1.68. The fraction of sp³-hybridized carbons (Fsp3) is 0.353. The molecule has 0 unspecified atom stereocenters. The number of hydrogen-bond donors (Lipinski definition) is 0. The van der Waals surface area contributed by atoms with Gasteiger partial charge < -0.3 is 14.4 Å². The fourth-order valence-electron chi connectivity index (χ4n) is 2.66. The normalized spacial score (nSPS) is 18.5. The van der Waals surface area contributed by atoms with Gasteiger partial charge in [-0.05, 0) is 29.8 Å². The smallest absolute Gasteiger partial charge is 0.246 e. The van der Waals surface area contributed by atoms with Crippen LogP contribution in [-0.2, 0) is 4.79 Å². The SMILES string of the molecule is C[SiH]1CCN(C(=O)C=CC=Cc2ccc3c(c2)OCO3)CC1. The number of carbonyl (C=O) groups is 1. The fourth-order valence-corrected chi connectivity index (χ4v) is 4.45. The minimum absolute atomic E-state index is 0.122. The molecule has 0 spiro atoms. The minimum Gasteiger partial charge on any atom is -0.454 e. The molecule has 1 aromatic carbocycles. The zero-order valence-corrected chi connectivity index (χ0v) is 14.0. The van der Waals surface area contributed by atoms with E-state index in [1.807, 2.05) is 41.3 Å². The summed E-state index contributed by atoms with van der Waals surface area (Å²) in [6, 6.07) is 8.29. The Balaban J connectivity index is 1.54. The first kappa shape index (κ1) is 14.9. The van der Waals surface area contributed by atoms with Crippen LogP contribution in [0.15, 0.2) is 36.4 Å². The van der Waals surface area contributed by atoms with Gasteiger partial charge in [-0.25, -0.2) is 0 Å². The van der Waals surface area contributed by atoms with Crippen LogP contribution in [0.3, 0.4) is 0 Å². The van der Waals surface area contributed by atoms with E-state index in [0.29, 0.717) is 0 Å². The van der Waals surface area contributed by atoms with Gasteiger partial charge in [0.05, 0.1) is 0 Å². The van der Waals surface area contributed by atoms with Gasteiger partial charge in [-0.3, -0.25) is 4.79 Å². The van der Waals surface area contributed by atoms with Gasteiger partial charge in [0.25, 0.3) is 0 Å². The third-order valence-corrected chi connectivity index (χ3v) is 6.62. The van der Waals surface area contributed by atoms with Crippen molar-refractivity contribution in [2.45, 2.75) is 18.6 Å². The lowest BCUT2D eigenvalue weighted by Gasteiger charge is -2.28. The number of carbonyl (C=O) groups excluding carboxylic acids is 1. The molecule has 22 heavy (non-hydrogen) atoms. The lowest BCUT2D eigenvalue weighted by Crippen LogP contribution is -2.39. The second-order valence-electron chi connectivity index (χ2n) is 5.84. The standard InChI is InChI=1S/C17H21NO3Si/c1-22-10-8-18(9-11-22)17(19)5-3-2-4-14-6-7-15-16(12-14)21-13-20-15/h2-7,12,22H,8-11,13H2,1H3. The monoisotopic (exact) mass is 315 g/mol. The average Bonchev–Trinajstić information content (AvgIpc) is 2.99. The zero-order valence-electron chi connectivity index (χ0n) is 12.8. The molecule has 5 heteroatoms. The van der Waals surface area contributed by atoms with Gasteiger partial charge in [0.1, 0.15) is 0 Å². The Morgan fingerprint density at radius 3 is 2.77 bits per heavy atom. The number of fused-ring (bicyclic) bond motifs is 1. The largest absolute Gasteiger partial charge is 0.454 e. The molecule has 2 aliphatic heterocycles. The molecule has 2 aliphatic rings. The van der Waals surface area contributed by atoms with Crippen LogP contribution in [0, 0.1) is 0 Å². The first-order valence-electron chi connectivity index (χ1n) is 7.76. The first-order valence-corrected chi connectivity index (χ1v) is 10.5. The van der Waals surface area contributed by atoms with Gasteiger partial charge in [0, 0.05) is 28.0 Å². The van der Waals surface area contributed by atoms with E-state index >= 15 is 0 Å². The Labute approximate surface area is 132 Å². The average molecular weight is 315 g/mol. The van der Waals surface area contributed by atoms with E-state index in [1.165, 1.54) is 12.1 Å². The van der Waals surface area contributed by atoms with Crippen molar-refractivity contribution in [2.24, 2.45) is 0 Å². The van der Waals surface area contributed by atoms with Crippen LogP contribution in [0.5, 0.6) is 11.5 Å². The van der Waals surface area contributed by atoms with Crippen LogP contribution in [-0.4, -0.2) is 39.5 Å². The van der Waals surface area contributed by atoms with Gasteiger partial charge in [0.2, 0.25) is 12.7 Å². The van der Waals surface area contributed by atoms with E-state index in [4.69, 9.17) is 9.47 Å². The van der Waals surface area contributed by atoms with Gasteiger partial charge >= 0.3 is 0 Å². The molecule has 0 aromatic heterocycles. The van der Waals surface area contributed by atoms with Crippen LogP contribution in [0.4, 0.5) is 0 Å². The van der Waals surface area contributed by atoms with Crippen LogP contribution < -0.4 is 9.47 Å². The van der Waals surface area contributed by atoms with Crippen molar-refractivity contribution < 1.29 is 14.3 Å². The molecule has 1 fully saturated rings. The third-order valence-electron chi connectivity index (χ3n) is 4.13. The highest BCUT2D eigenvalue weighted by atomic mass is 28.3. The van der Waals surface area contributed by atoms with Crippen molar-refractivity contribution in [3.05, 3.63) is 42.0 Å². The van der Waals surface area contributed by atoms with E-state index in [0.717, 1.165) is 30.2 Å². The summed E-state index contributed by atoms with van der Waals surface area (Å²) in [6.07, 6.45) is 7.30. The van der Waals surface area contributed by atoms with E-state index in [-0.39, 0.29) is 12.7 Å². The summed E-state index contributed by atoms with van der Waals surface area (Å²) >= 11 is 0. The maximum Gasteiger partial charge on any atom is 0.246 e. The van der Waals surface area contributed by atoms with E-state index < -0.39 is 8.80 Å². The van der Waals surface area contributed by atoms with E-state index in [2.05, 4.69) is 6.55 Å². The Morgan fingerprint density at radius 2 is 1.95 bits per heavy atom. The molecule has 0 N–H and O–H groups in total. The Kier molecular flexibility index (Phi) is 4.63. The van der Waals surface area contributed by atoms with Gasteiger partial charge in [-0.15, -0.1) is 0 Å². The lowest BCUT2D eigenvalue weighted by molar-refractivity contribution is -0.125. The van der Waals surface area contributed by atoms with Crippen molar-refractivity contribution in [3.63, 3.8) is 0 Å². The summed E-state index contributed by atoms with van der Waals surface area (Å²) in [4.78, 5) is 14.0. The predicted molar refractivity (Wildman–Crippen MR) is 89.9 cm³/mol. The first-order chi connectivity index (χ1) is 10.7. The molecular formula is C17H21NO3Si. The van der Waals surface area contributed by atoms with E-state index in [1.54, 1.807) is 6.08 Å². The van der Waals surface area contributed by atoms with E-state index in [9.17, 15) is 4.79 Å². The van der Waals surface area contributed by atoms with Crippen molar-refractivity contribution in [3.8, 4) is 11.5 Å². The second-order valence-corrected chi connectivity index (χ2v) is 9.20. The number of allylic oxidation sites excluding steroid dienone is 2. The summed E-state index contributed by atoms with van der Waals surface area (Å²) in [6.45, 7) is 4.53. The number of rotatable bonds is 3. The predicted octanol–water partition coefficient (Wildman–Crippen LogP) is 2.68. The molecule has 0 bridgehead atoms. The van der Waals surface area contributed by atoms with Crippen molar-refractivity contribution in [1.82, 2.24) is 4.90 Å². The molecule has 2 heterocycles. The molecule has 0 atom stereocenters. The summed E-state index contributed by atoms with van der Waals surface area (Å²) in [5.41, 5.74) is 1.03. The topological polar surface area (TPSA) is 38.8 Å². The number of amides is 1. The Morgan fingerprint density at radius 1 is 1.18 bits per heavy atom. The summed E-state index contributed by atoms with van der Waals surface area (Å²) in [5, 5.41) is 0. The molecule has 1 amide bonds. The van der Waals surface area contributed by atoms with Crippen molar-refractivity contribution in [1.29, 1.82) is 0 Å². The zero-order chi connectivity index (χ0) is 15.4. The highest BCUT2D eigenvalue weighted by molar-refractivity contribution is 6.57. The second kappa shape index (κ2) is 6.83. The highest BCUT2D eigenvalue weighted by Gasteiger charge is 2.18. The quantitative estimate of drug-likeness (QED) is 0.489. The van der Waals surface area contributed by atoms with Crippen molar-refractivity contribution >= 4 is 20.8 Å². The Bertz CT molecular complexity index is 604. The molecule has 116 valence electrons. The lowest BCUT2D eigenvalue weighted by atomic mass is 10.2. The highest BCUT2D eigenvalue weighted by Crippen LogP contribution is 2.32. The number of hydrogen-bond acceptors (Lipinski definition) is 3. The van der Waals surface area contributed by atoms with Gasteiger partial charge in [-0.1, -0.05) is 30.8 Å². The third kappa shape index (κ3) is 3.60. The van der Waals surface area contributed by atoms with Gasteiger partial charge in [-0.2, -0.15) is 0 Å². The number of ether oxygens (including phenoxy) is 2. The molecule has 3 rings (SSSR count). The molecule has 1 saturated heterocycles.